The number of rotatable bonds is 7. The molecule has 0 aliphatic rings. The molecular formula is C21H27F3N2O2. The van der Waals surface area contributed by atoms with Crippen molar-refractivity contribution >= 4 is 0 Å². The molecule has 0 saturated carbocycles. The number of hydrogen-bond acceptors (Lipinski definition) is 4. The Morgan fingerprint density at radius 3 is 2.14 bits per heavy atom. The van der Waals surface area contributed by atoms with Gasteiger partial charge in [0.25, 0.3) is 0 Å². The summed E-state index contributed by atoms with van der Waals surface area (Å²) in [5.74, 6) is 1.05. The van der Waals surface area contributed by atoms with Gasteiger partial charge >= 0.3 is 6.18 Å². The van der Waals surface area contributed by atoms with Crippen LogP contribution in [0.2, 0.25) is 0 Å². The summed E-state index contributed by atoms with van der Waals surface area (Å²) in [7, 11) is 1.62. The number of aryl methyl sites for hydroxylation is 3. The standard InChI is InChI=1S/C21H27F3N2O2/c1-7-17(11-27-6)28-20-14(4)19(25-15(5)26-20)10-18-12(2)8-16(9-13(18)3)21(22,23)24/h8-9,17H,7,10-11H2,1-6H3. The molecule has 0 radical (unpaired) electrons. The molecule has 0 bridgehead atoms. The van der Waals surface area contributed by atoms with Gasteiger partial charge in [-0.05, 0) is 62.9 Å². The van der Waals surface area contributed by atoms with Crippen molar-refractivity contribution in [2.24, 2.45) is 0 Å². The highest BCUT2D eigenvalue weighted by Gasteiger charge is 2.31. The minimum absolute atomic E-state index is 0.125. The van der Waals surface area contributed by atoms with Crippen molar-refractivity contribution in [2.45, 2.75) is 59.7 Å². The topological polar surface area (TPSA) is 44.2 Å². The number of benzene rings is 1. The first-order valence-electron chi connectivity index (χ1n) is 9.23. The normalized spacial score (nSPS) is 12.9. The second kappa shape index (κ2) is 8.90. The molecule has 28 heavy (non-hydrogen) atoms. The van der Waals surface area contributed by atoms with Crippen molar-refractivity contribution in [1.29, 1.82) is 0 Å². The third kappa shape index (κ3) is 5.22. The van der Waals surface area contributed by atoms with Gasteiger partial charge in [-0.15, -0.1) is 0 Å². The summed E-state index contributed by atoms with van der Waals surface area (Å²) >= 11 is 0. The van der Waals surface area contributed by atoms with Gasteiger partial charge in [-0.3, -0.25) is 0 Å². The van der Waals surface area contributed by atoms with E-state index in [1.165, 1.54) is 12.1 Å². The molecule has 4 nitrogen and oxygen atoms in total. The van der Waals surface area contributed by atoms with Crippen molar-refractivity contribution < 1.29 is 22.6 Å². The van der Waals surface area contributed by atoms with Crippen molar-refractivity contribution in [3.63, 3.8) is 0 Å². The van der Waals surface area contributed by atoms with Crippen LogP contribution in [-0.4, -0.2) is 29.8 Å². The summed E-state index contributed by atoms with van der Waals surface area (Å²) < 4.78 is 50.3. The van der Waals surface area contributed by atoms with Crippen molar-refractivity contribution in [1.82, 2.24) is 9.97 Å². The zero-order valence-electron chi connectivity index (χ0n) is 17.2. The number of halogens is 3. The Labute approximate surface area is 164 Å². The van der Waals surface area contributed by atoms with Gasteiger partial charge in [0, 0.05) is 19.1 Å². The number of nitrogens with zero attached hydrogens (tertiary/aromatic N) is 2. The predicted molar refractivity (Wildman–Crippen MR) is 102 cm³/mol. The molecule has 1 aromatic carbocycles. The number of ether oxygens (including phenoxy) is 2. The fraction of sp³-hybridized carbons (Fsp3) is 0.524. The first kappa shape index (κ1) is 22.1. The molecule has 0 fully saturated rings. The summed E-state index contributed by atoms with van der Waals surface area (Å²) in [6.45, 7) is 9.50. The summed E-state index contributed by atoms with van der Waals surface area (Å²) in [5.41, 5.74) is 2.94. The number of methoxy groups -OCH3 is 1. The van der Waals surface area contributed by atoms with Gasteiger partial charge in [-0.25, -0.2) is 4.98 Å². The lowest BCUT2D eigenvalue weighted by atomic mass is 9.94. The summed E-state index contributed by atoms with van der Waals surface area (Å²) in [5, 5.41) is 0. The monoisotopic (exact) mass is 396 g/mol. The molecule has 0 spiro atoms. The molecule has 2 rings (SSSR count). The van der Waals surface area contributed by atoms with Crippen molar-refractivity contribution in [3.8, 4) is 5.88 Å². The second-order valence-corrected chi connectivity index (χ2v) is 7.01. The maximum absolute atomic E-state index is 13.0. The molecule has 0 aliphatic heterocycles. The lowest BCUT2D eigenvalue weighted by molar-refractivity contribution is -0.137. The maximum Gasteiger partial charge on any atom is 0.416 e. The first-order chi connectivity index (χ1) is 13.1. The molecule has 0 amide bonds. The van der Waals surface area contributed by atoms with Crippen LogP contribution in [0.25, 0.3) is 0 Å². The van der Waals surface area contributed by atoms with Crippen LogP contribution in [0.15, 0.2) is 12.1 Å². The molecule has 154 valence electrons. The highest BCUT2D eigenvalue weighted by atomic mass is 19.4. The summed E-state index contributed by atoms with van der Waals surface area (Å²) in [6, 6.07) is 2.38. The molecule has 2 aromatic rings. The van der Waals surface area contributed by atoms with E-state index in [0.29, 0.717) is 35.9 Å². The lowest BCUT2D eigenvalue weighted by Gasteiger charge is -2.20. The molecule has 0 aliphatic carbocycles. The van der Waals surface area contributed by atoms with Crippen LogP contribution in [0.3, 0.4) is 0 Å². The molecule has 0 saturated heterocycles. The zero-order valence-corrected chi connectivity index (χ0v) is 17.2. The summed E-state index contributed by atoms with van der Waals surface area (Å²) in [6.07, 6.45) is -3.29. The molecule has 7 heteroatoms. The van der Waals surface area contributed by atoms with E-state index < -0.39 is 11.7 Å². The Kier molecular flexibility index (Phi) is 7.04. The first-order valence-corrected chi connectivity index (χ1v) is 9.23. The number of aromatic nitrogens is 2. The second-order valence-electron chi connectivity index (χ2n) is 7.01. The highest BCUT2D eigenvalue weighted by Crippen LogP contribution is 2.33. The minimum atomic E-state index is -4.35. The van der Waals surface area contributed by atoms with Crippen LogP contribution < -0.4 is 4.74 Å². The Morgan fingerprint density at radius 1 is 1.04 bits per heavy atom. The average Bonchev–Trinajstić information content (AvgIpc) is 2.60. The molecule has 1 unspecified atom stereocenters. The van der Waals surface area contributed by atoms with Gasteiger partial charge in [-0.2, -0.15) is 18.2 Å². The van der Waals surface area contributed by atoms with Gasteiger partial charge in [0.2, 0.25) is 5.88 Å². The quantitative estimate of drug-likeness (QED) is 0.651. The van der Waals surface area contributed by atoms with Gasteiger partial charge in [0.15, 0.2) is 0 Å². The van der Waals surface area contributed by atoms with E-state index in [2.05, 4.69) is 9.97 Å². The molecular weight excluding hydrogens is 369 g/mol. The van der Waals surface area contributed by atoms with Gasteiger partial charge in [0.1, 0.15) is 11.9 Å². The SMILES string of the molecule is CCC(COC)Oc1nc(C)nc(Cc2c(C)cc(C(F)(F)F)cc2C)c1C. The van der Waals surface area contributed by atoms with Crippen LogP contribution in [0, 0.1) is 27.7 Å². The number of hydrogen-bond donors (Lipinski definition) is 0. The molecule has 1 atom stereocenters. The van der Waals surface area contributed by atoms with E-state index in [1.54, 1.807) is 27.9 Å². The third-order valence-electron chi connectivity index (χ3n) is 4.77. The molecule has 1 heterocycles. The Hall–Kier alpha value is -2.15. The van der Waals surface area contributed by atoms with E-state index >= 15 is 0 Å². The maximum atomic E-state index is 13.0. The Bertz CT molecular complexity index is 812. The van der Waals surface area contributed by atoms with Crippen molar-refractivity contribution in [3.05, 3.63) is 51.5 Å². The van der Waals surface area contributed by atoms with E-state index in [-0.39, 0.29) is 6.10 Å². The lowest BCUT2D eigenvalue weighted by Crippen LogP contribution is -2.23. The van der Waals surface area contributed by atoms with E-state index in [9.17, 15) is 13.2 Å². The van der Waals surface area contributed by atoms with Gasteiger partial charge in [0.05, 0.1) is 17.9 Å². The number of alkyl halides is 3. The van der Waals surface area contributed by atoms with Crippen LogP contribution in [0.1, 0.15) is 52.7 Å². The van der Waals surface area contributed by atoms with Crippen LogP contribution in [-0.2, 0) is 17.3 Å². The smallest absolute Gasteiger partial charge is 0.416 e. The fourth-order valence-electron chi connectivity index (χ4n) is 3.13. The van der Waals surface area contributed by atoms with Crippen LogP contribution >= 0.6 is 0 Å². The van der Waals surface area contributed by atoms with E-state index in [0.717, 1.165) is 23.2 Å². The Morgan fingerprint density at radius 2 is 1.64 bits per heavy atom. The fourth-order valence-corrected chi connectivity index (χ4v) is 3.13. The van der Waals surface area contributed by atoms with Gasteiger partial charge in [-0.1, -0.05) is 6.92 Å². The largest absolute Gasteiger partial charge is 0.472 e. The van der Waals surface area contributed by atoms with Crippen molar-refractivity contribution in [2.75, 3.05) is 13.7 Å². The molecule has 0 N–H and O–H groups in total. The molecule has 1 aromatic heterocycles. The van der Waals surface area contributed by atoms with E-state index in [1.807, 2.05) is 13.8 Å². The van der Waals surface area contributed by atoms with Crippen LogP contribution in [0.4, 0.5) is 13.2 Å². The highest BCUT2D eigenvalue weighted by molar-refractivity contribution is 5.43. The average molecular weight is 396 g/mol. The minimum Gasteiger partial charge on any atom is -0.472 e. The Balaban J connectivity index is 2.39. The summed E-state index contributed by atoms with van der Waals surface area (Å²) in [4.78, 5) is 8.92. The zero-order chi connectivity index (χ0) is 21.1. The third-order valence-corrected chi connectivity index (χ3v) is 4.77. The van der Waals surface area contributed by atoms with Crippen LogP contribution in [0.5, 0.6) is 5.88 Å². The predicted octanol–water partition coefficient (Wildman–Crippen LogP) is 5.12. The van der Waals surface area contributed by atoms with Gasteiger partial charge < -0.3 is 9.47 Å². The van der Waals surface area contributed by atoms with E-state index in [4.69, 9.17) is 9.47 Å².